The quantitative estimate of drug-likeness (QED) is 0.129. The average Bonchev–Trinajstić information content (AvgIpc) is 3.74. The highest BCUT2D eigenvalue weighted by Gasteiger charge is 2.41. The lowest BCUT2D eigenvalue weighted by molar-refractivity contribution is 1.09. The molecule has 0 atom stereocenters. The van der Waals surface area contributed by atoms with Crippen LogP contribution in [0.5, 0.6) is 0 Å². The zero-order chi connectivity index (χ0) is 33.8. The van der Waals surface area contributed by atoms with E-state index < -0.39 is 8.07 Å². The summed E-state index contributed by atoms with van der Waals surface area (Å²) in [7, 11) is -2.67. The summed E-state index contributed by atoms with van der Waals surface area (Å²) < 4.78 is 4.64. The Bertz CT molecular complexity index is 2760. The van der Waals surface area contributed by atoms with E-state index in [2.05, 4.69) is 174 Å². The summed E-state index contributed by atoms with van der Waals surface area (Å²) in [5, 5.41) is 9.02. The molecular formula is C46H31N3SSi. The minimum Gasteiger partial charge on any atom is -0.294 e. The average molecular weight is 686 g/mol. The SMILES string of the molecule is c1ccc([Si](c2ccccc2)(c2ccccc2)c2cccc(-c3ccc4c5ccccc5n(-c5cc6c(cn5)sc5cccnc56)c4c3)c2)cc1. The molecule has 0 spiro atoms. The smallest absolute Gasteiger partial charge is 0.179 e. The van der Waals surface area contributed by atoms with Crippen LogP contribution >= 0.6 is 11.3 Å². The number of benzene rings is 6. The van der Waals surface area contributed by atoms with E-state index in [0.29, 0.717) is 0 Å². The number of fused-ring (bicyclic) bond motifs is 6. The van der Waals surface area contributed by atoms with Gasteiger partial charge in [-0.25, -0.2) is 4.98 Å². The first-order valence-corrected chi connectivity index (χ1v) is 20.0. The standard InChI is InChI=1S/C46H31N3SSi/c1-4-15-34(16-5-1)51(35-17-6-2-7-18-35,36-19-8-3-9-20-36)37-21-12-14-32(28-37)33-25-26-39-38-22-10-11-23-41(38)49(42(39)29-33)45-30-40-44(31-48-45)50-43-24-13-27-47-46(40)43/h1-31H. The van der Waals surface area contributed by atoms with Gasteiger partial charge >= 0.3 is 0 Å². The van der Waals surface area contributed by atoms with Crippen molar-refractivity contribution in [2.24, 2.45) is 0 Å². The van der Waals surface area contributed by atoms with Gasteiger partial charge in [-0.2, -0.15) is 0 Å². The van der Waals surface area contributed by atoms with Crippen molar-refractivity contribution in [1.29, 1.82) is 0 Å². The molecular weight excluding hydrogens is 655 g/mol. The van der Waals surface area contributed by atoms with Crippen LogP contribution in [0.3, 0.4) is 0 Å². The molecule has 4 aromatic heterocycles. The van der Waals surface area contributed by atoms with Gasteiger partial charge in [-0.3, -0.25) is 9.55 Å². The number of aromatic nitrogens is 3. The molecule has 0 aliphatic rings. The highest BCUT2D eigenvalue weighted by Crippen LogP contribution is 2.37. The van der Waals surface area contributed by atoms with Crippen molar-refractivity contribution in [1.82, 2.24) is 14.5 Å². The van der Waals surface area contributed by atoms with Crippen molar-refractivity contribution in [3.05, 3.63) is 188 Å². The highest BCUT2D eigenvalue weighted by atomic mass is 32.1. The fourth-order valence-electron chi connectivity index (χ4n) is 8.01. The van der Waals surface area contributed by atoms with Gasteiger partial charge in [0.1, 0.15) is 5.82 Å². The molecule has 0 bridgehead atoms. The van der Waals surface area contributed by atoms with Crippen LogP contribution in [-0.4, -0.2) is 22.6 Å². The molecule has 240 valence electrons. The molecule has 10 aromatic rings. The minimum absolute atomic E-state index is 0.897. The lowest BCUT2D eigenvalue weighted by Crippen LogP contribution is -2.74. The second-order valence-electron chi connectivity index (χ2n) is 13.0. The molecule has 0 saturated heterocycles. The van der Waals surface area contributed by atoms with E-state index in [-0.39, 0.29) is 0 Å². The van der Waals surface area contributed by atoms with E-state index >= 15 is 0 Å². The van der Waals surface area contributed by atoms with Gasteiger partial charge in [0.15, 0.2) is 8.07 Å². The van der Waals surface area contributed by atoms with Crippen LogP contribution in [0.25, 0.3) is 59.1 Å². The number of rotatable bonds is 6. The van der Waals surface area contributed by atoms with Crippen LogP contribution in [0.1, 0.15) is 0 Å². The third-order valence-electron chi connectivity index (χ3n) is 10.3. The van der Waals surface area contributed by atoms with Crippen LogP contribution < -0.4 is 20.7 Å². The van der Waals surface area contributed by atoms with Crippen LogP contribution in [0.15, 0.2) is 188 Å². The summed E-state index contributed by atoms with van der Waals surface area (Å²) in [5.74, 6) is 0.897. The van der Waals surface area contributed by atoms with Crippen LogP contribution in [-0.2, 0) is 0 Å². The molecule has 51 heavy (non-hydrogen) atoms. The Hall–Kier alpha value is -6.14. The maximum atomic E-state index is 5.05. The molecule has 0 amide bonds. The Morgan fingerprint density at radius 1 is 0.431 bits per heavy atom. The van der Waals surface area contributed by atoms with Gasteiger partial charge in [-0.15, -0.1) is 11.3 Å². The summed E-state index contributed by atoms with van der Waals surface area (Å²) in [6.45, 7) is 0. The van der Waals surface area contributed by atoms with E-state index in [9.17, 15) is 0 Å². The molecule has 0 saturated carbocycles. The number of hydrogen-bond donors (Lipinski definition) is 0. The second kappa shape index (κ2) is 12.0. The monoisotopic (exact) mass is 685 g/mol. The second-order valence-corrected chi connectivity index (χ2v) is 17.9. The Balaban J connectivity index is 1.20. The molecule has 10 rings (SSSR count). The highest BCUT2D eigenvalue weighted by molar-refractivity contribution is 7.25. The maximum absolute atomic E-state index is 5.05. The van der Waals surface area contributed by atoms with Crippen LogP contribution in [0.2, 0.25) is 0 Å². The third-order valence-corrected chi connectivity index (χ3v) is 16.1. The van der Waals surface area contributed by atoms with E-state index in [1.807, 2.05) is 18.5 Å². The first kappa shape index (κ1) is 29.7. The third kappa shape index (κ3) is 4.70. The zero-order valence-corrected chi connectivity index (χ0v) is 29.5. The van der Waals surface area contributed by atoms with Crippen molar-refractivity contribution in [2.75, 3.05) is 0 Å². The van der Waals surface area contributed by atoms with Crippen LogP contribution in [0.4, 0.5) is 0 Å². The number of thiophene rings is 1. The largest absolute Gasteiger partial charge is 0.294 e. The van der Waals surface area contributed by atoms with E-state index in [0.717, 1.165) is 32.5 Å². The first-order chi connectivity index (χ1) is 25.3. The van der Waals surface area contributed by atoms with E-state index in [4.69, 9.17) is 9.97 Å². The number of hydrogen-bond acceptors (Lipinski definition) is 3. The fraction of sp³-hybridized carbons (Fsp3) is 0. The molecule has 0 aliphatic heterocycles. The summed E-state index contributed by atoms with van der Waals surface area (Å²) >= 11 is 1.74. The predicted molar refractivity (Wildman–Crippen MR) is 218 cm³/mol. The Morgan fingerprint density at radius 2 is 1.06 bits per heavy atom. The van der Waals surface area contributed by atoms with Gasteiger partial charge in [0, 0.05) is 28.6 Å². The molecule has 4 heterocycles. The molecule has 6 aromatic carbocycles. The molecule has 0 N–H and O–H groups in total. The summed E-state index contributed by atoms with van der Waals surface area (Å²) in [6.07, 6.45) is 3.88. The van der Waals surface area contributed by atoms with E-state index in [1.54, 1.807) is 11.3 Å². The minimum atomic E-state index is -2.67. The Labute approximate surface area is 300 Å². The molecule has 0 radical (unpaired) electrons. The van der Waals surface area contributed by atoms with E-state index in [1.165, 1.54) is 47.3 Å². The van der Waals surface area contributed by atoms with Crippen molar-refractivity contribution in [3.63, 3.8) is 0 Å². The van der Waals surface area contributed by atoms with Gasteiger partial charge < -0.3 is 0 Å². The first-order valence-electron chi connectivity index (χ1n) is 17.2. The summed E-state index contributed by atoms with van der Waals surface area (Å²) in [5.41, 5.74) is 5.68. The molecule has 0 unspecified atom stereocenters. The molecule has 0 aliphatic carbocycles. The molecule has 5 heteroatoms. The summed E-state index contributed by atoms with van der Waals surface area (Å²) in [6, 6.07) is 64.5. The Morgan fingerprint density at radius 3 is 1.78 bits per heavy atom. The van der Waals surface area contributed by atoms with Gasteiger partial charge in [0.2, 0.25) is 0 Å². The lowest BCUT2D eigenvalue weighted by atomic mass is 10.0. The lowest BCUT2D eigenvalue weighted by Gasteiger charge is -2.34. The number of pyridine rings is 2. The molecule has 0 fully saturated rings. The molecule has 3 nitrogen and oxygen atoms in total. The topological polar surface area (TPSA) is 30.7 Å². The van der Waals surface area contributed by atoms with Gasteiger partial charge in [0.25, 0.3) is 0 Å². The zero-order valence-electron chi connectivity index (χ0n) is 27.6. The predicted octanol–water partition coefficient (Wildman–Crippen LogP) is 8.99. The fourth-order valence-corrected chi connectivity index (χ4v) is 13.8. The van der Waals surface area contributed by atoms with Crippen molar-refractivity contribution in [3.8, 4) is 16.9 Å². The normalized spacial score (nSPS) is 11.9. The number of nitrogens with zero attached hydrogens (tertiary/aromatic N) is 3. The van der Waals surface area contributed by atoms with Crippen molar-refractivity contribution in [2.45, 2.75) is 0 Å². The summed E-state index contributed by atoms with van der Waals surface area (Å²) in [4.78, 5) is 9.79. The maximum Gasteiger partial charge on any atom is 0.179 e. The van der Waals surface area contributed by atoms with Gasteiger partial charge in [0.05, 0.1) is 25.9 Å². The van der Waals surface area contributed by atoms with Gasteiger partial charge in [-0.1, -0.05) is 146 Å². The van der Waals surface area contributed by atoms with Gasteiger partial charge in [-0.05, 0) is 62.2 Å². The van der Waals surface area contributed by atoms with Crippen molar-refractivity contribution >= 4 is 82.3 Å². The Kier molecular flexibility index (Phi) is 7.01. The van der Waals surface area contributed by atoms with Crippen molar-refractivity contribution < 1.29 is 0 Å². The van der Waals surface area contributed by atoms with Crippen LogP contribution in [0, 0.1) is 0 Å². The number of para-hydroxylation sites is 1.